The van der Waals surface area contributed by atoms with E-state index in [0.29, 0.717) is 16.2 Å². The highest BCUT2D eigenvalue weighted by atomic mass is 35.5. The van der Waals surface area contributed by atoms with Gasteiger partial charge in [0.25, 0.3) is 0 Å². The average Bonchev–Trinajstić information content (AvgIpc) is 2.94. The Morgan fingerprint density at radius 2 is 2.11 bits per heavy atom. The van der Waals surface area contributed by atoms with Crippen molar-refractivity contribution in [3.05, 3.63) is 23.7 Å². The second-order valence-corrected chi connectivity index (χ2v) is 4.71. The molecule has 0 amide bonds. The summed E-state index contributed by atoms with van der Waals surface area (Å²) in [6.07, 6.45) is -0.995. The third-order valence-electron chi connectivity index (χ3n) is 3.25. The zero-order valence-electron chi connectivity index (χ0n) is 9.72. The van der Waals surface area contributed by atoms with Gasteiger partial charge in [0.05, 0.1) is 12.0 Å². The van der Waals surface area contributed by atoms with Crippen LogP contribution in [0.2, 0.25) is 5.15 Å². The Morgan fingerprint density at radius 3 is 2.79 bits per heavy atom. The molecule has 4 atom stereocenters. The van der Waals surface area contributed by atoms with Crippen molar-refractivity contribution in [2.45, 2.75) is 24.5 Å². The van der Waals surface area contributed by atoms with Crippen LogP contribution in [0.3, 0.4) is 0 Å². The number of halogens is 1. The van der Waals surface area contributed by atoms with Gasteiger partial charge in [-0.15, -0.1) is 0 Å². The molecule has 1 aliphatic rings. The fourth-order valence-corrected chi connectivity index (χ4v) is 2.45. The summed E-state index contributed by atoms with van der Waals surface area (Å²) in [6, 6.07) is 1.70. The number of nitrogens with zero attached hydrogens (tertiary/aromatic N) is 3. The van der Waals surface area contributed by atoms with E-state index in [1.165, 1.54) is 6.33 Å². The molecule has 3 heterocycles. The van der Waals surface area contributed by atoms with Gasteiger partial charge in [0.1, 0.15) is 35.4 Å². The minimum absolute atomic E-state index is 0.301. The van der Waals surface area contributed by atoms with Crippen molar-refractivity contribution < 1.29 is 20.1 Å². The van der Waals surface area contributed by atoms with Crippen molar-refractivity contribution in [2.75, 3.05) is 6.61 Å². The van der Waals surface area contributed by atoms with Gasteiger partial charge >= 0.3 is 0 Å². The normalized spacial score (nSPS) is 31.2. The van der Waals surface area contributed by atoms with Crippen molar-refractivity contribution in [3.63, 3.8) is 0 Å². The molecule has 19 heavy (non-hydrogen) atoms. The van der Waals surface area contributed by atoms with E-state index >= 15 is 0 Å². The predicted octanol–water partition coefficient (Wildman–Crippen LogP) is -0.304. The van der Waals surface area contributed by atoms with Crippen LogP contribution in [-0.2, 0) is 4.74 Å². The van der Waals surface area contributed by atoms with Crippen molar-refractivity contribution in [1.82, 2.24) is 14.5 Å². The summed E-state index contributed by atoms with van der Waals surface area (Å²) in [5.74, 6) is 0. The SMILES string of the molecule is OC[C@@H]1O[C@@H](n2ccc3c(Cl)ncnc32)[C@H](O)C1O. The van der Waals surface area contributed by atoms with E-state index in [1.807, 2.05) is 0 Å². The molecule has 1 aliphatic heterocycles. The van der Waals surface area contributed by atoms with Gasteiger partial charge in [-0.05, 0) is 6.07 Å². The smallest absolute Gasteiger partial charge is 0.164 e. The third-order valence-corrected chi connectivity index (χ3v) is 3.55. The average molecular weight is 286 g/mol. The molecule has 0 spiro atoms. The molecular weight excluding hydrogens is 274 g/mol. The standard InChI is InChI=1S/C11H12ClN3O4/c12-9-5-1-2-15(10(5)14-4-13-9)11-8(18)7(17)6(3-16)19-11/h1-2,4,6-8,11,16-18H,3H2/t6-,7?,8+,11+/m0/s1. The molecule has 3 N–H and O–H groups in total. The number of fused-ring (bicyclic) bond motifs is 1. The summed E-state index contributed by atoms with van der Waals surface area (Å²) in [5, 5.41) is 29.7. The molecule has 0 bridgehead atoms. The number of aliphatic hydroxyl groups excluding tert-OH is 3. The van der Waals surface area contributed by atoms with Crippen molar-refractivity contribution in [1.29, 1.82) is 0 Å². The minimum atomic E-state index is -1.15. The molecule has 0 aliphatic carbocycles. The van der Waals surface area contributed by atoms with Crippen LogP contribution in [0.15, 0.2) is 18.6 Å². The third kappa shape index (κ3) is 1.90. The molecule has 3 rings (SSSR count). The maximum absolute atomic E-state index is 9.98. The Morgan fingerprint density at radius 1 is 1.32 bits per heavy atom. The minimum Gasteiger partial charge on any atom is -0.394 e. The van der Waals surface area contributed by atoms with Crippen LogP contribution in [0, 0.1) is 0 Å². The summed E-state index contributed by atoms with van der Waals surface area (Å²) in [6.45, 7) is -0.371. The van der Waals surface area contributed by atoms with Crippen LogP contribution in [0.4, 0.5) is 0 Å². The highest BCUT2D eigenvalue weighted by Gasteiger charge is 2.43. The number of rotatable bonds is 2. The Kier molecular flexibility index (Phi) is 3.15. The Labute approximate surface area is 113 Å². The van der Waals surface area contributed by atoms with Crippen LogP contribution in [0.5, 0.6) is 0 Å². The molecule has 2 aromatic rings. The van der Waals surface area contributed by atoms with Gasteiger partial charge in [0.15, 0.2) is 6.23 Å². The van der Waals surface area contributed by atoms with E-state index in [2.05, 4.69) is 9.97 Å². The van der Waals surface area contributed by atoms with Gasteiger partial charge in [-0.3, -0.25) is 0 Å². The number of aromatic nitrogens is 3. The number of aliphatic hydroxyl groups is 3. The van der Waals surface area contributed by atoms with Crippen molar-refractivity contribution in [2.24, 2.45) is 0 Å². The predicted molar refractivity (Wildman–Crippen MR) is 65.5 cm³/mol. The first-order valence-corrected chi connectivity index (χ1v) is 6.10. The summed E-state index contributed by atoms with van der Waals surface area (Å²) in [5.41, 5.74) is 0.495. The number of hydrogen-bond donors (Lipinski definition) is 3. The van der Waals surface area contributed by atoms with Gasteiger partial charge in [-0.1, -0.05) is 11.6 Å². The Bertz CT molecular complexity index is 605. The van der Waals surface area contributed by atoms with Crippen LogP contribution < -0.4 is 0 Å². The van der Waals surface area contributed by atoms with E-state index in [-0.39, 0.29) is 6.61 Å². The lowest BCUT2D eigenvalue weighted by Gasteiger charge is -2.17. The quantitative estimate of drug-likeness (QED) is 0.655. The Hall–Kier alpha value is -1.25. The van der Waals surface area contributed by atoms with E-state index < -0.39 is 24.5 Å². The van der Waals surface area contributed by atoms with Crippen LogP contribution in [0.25, 0.3) is 11.0 Å². The lowest BCUT2D eigenvalue weighted by atomic mass is 10.1. The molecule has 1 saturated heterocycles. The second-order valence-electron chi connectivity index (χ2n) is 4.35. The molecule has 0 aromatic carbocycles. The molecule has 102 valence electrons. The Balaban J connectivity index is 2.04. The van der Waals surface area contributed by atoms with E-state index in [9.17, 15) is 10.2 Å². The largest absolute Gasteiger partial charge is 0.394 e. The maximum atomic E-state index is 9.98. The lowest BCUT2D eigenvalue weighted by Crippen LogP contribution is -2.33. The summed E-state index contributed by atoms with van der Waals surface area (Å²) in [4.78, 5) is 7.95. The topological polar surface area (TPSA) is 101 Å². The number of hydrogen-bond acceptors (Lipinski definition) is 6. The molecule has 0 radical (unpaired) electrons. The molecule has 2 aromatic heterocycles. The van der Waals surface area contributed by atoms with Crippen molar-refractivity contribution >= 4 is 22.6 Å². The van der Waals surface area contributed by atoms with Crippen LogP contribution in [0.1, 0.15) is 6.23 Å². The van der Waals surface area contributed by atoms with Crippen LogP contribution >= 0.6 is 11.6 Å². The first kappa shape index (κ1) is 12.8. The van der Waals surface area contributed by atoms with Crippen molar-refractivity contribution in [3.8, 4) is 0 Å². The highest BCUT2D eigenvalue weighted by Crippen LogP contribution is 2.32. The first-order valence-electron chi connectivity index (χ1n) is 5.73. The van der Waals surface area contributed by atoms with E-state index in [0.717, 1.165) is 0 Å². The van der Waals surface area contributed by atoms with Crippen LogP contribution in [-0.4, -0.2) is 54.8 Å². The van der Waals surface area contributed by atoms with E-state index in [4.69, 9.17) is 21.4 Å². The van der Waals surface area contributed by atoms with E-state index in [1.54, 1.807) is 16.8 Å². The second kappa shape index (κ2) is 4.69. The van der Waals surface area contributed by atoms with Gasteiger partial charge in [0.2, 0.25) is 0 Å². The summed E-state index contributed by atoms with van der Waals surface area (Å²) >= 11 is 5.94. The van der Waals surface area contributed by atoms with Gasteiger partial charge in [-0.25, -0.2) is 9.97 Å². The zero-order valence-corrected chi connectivity index (χ0v) is 10.5. The van der Waals surface area contributed by atoms with Gasteiger partial charge < -0.3 is 24.6 Å². The molecule has 8 heteroatoms. The first-order chi connectivity index (χ1) is 9.13. The summed E-state index contributed by atoms with van der Waals surface area (Å²) in [7, 11) is 0. The van der Waals surface area contributed by atoms with Gasteiger partial charge in [0, 0.05) is 6.20 Å². The lowest BCUT2D eigenvalue weighted by molar-refractivity contribution is -0.0508. The molecule has 1 unspecified atom stereocenters. The molecule has 0 saturated carbocycles. The fraction of sp³-hybridized carbons (Fsp3) is 0.455. The molecule has 7 nitrogen and oxygen atoms in total. The fourth-order valence-electron chi connectivity index (χ4n) is 2.26. The molecule has 1 fully saturated rings. The monoisotopic (exact) mass is 285 g/mol. The maximum Gasteiger partial charge on any atom is 0.164 e. The summed E-state index contributed by atoms with van der Waals surface area (Å²) < 4.78 is 7.00. The highest BCUT2D eigenvalue weighted by molar-refractivity contribution is 6.33. The number of ether oxygens (including phenoxy) is 1. The van der Waals surface area contributed by atoms with Gasteiger partial charge in [-0.2, -0.15) is 0 Å². The zero-order chi connectivity index (χ0) is 13.6. The molecular formula is C11H12ClN3O4.